The number of nitrogens with one attached hydrogen (secondary N) is 1. The fraction of sp³-hybridized carbons (Fsp3) is 0.560. The molecule has 5 heterocycles. The first kappa shape index (κ1) is 22.2. The molecule has 4 fully saturated rings. The fourth-order valence-corrected chi connectivity index (χ4v) is 5.60. The van der Waals surface area contributed by atoms with Crippen molar-refractivity contribution in [3.8, 4) is 11.3 Å². The Labute approximate surface area is 193 Å². The molecule has 6 rings (SSSR count). The van der Waals surface area contributed by atoms with Gasteiger partial charge in [0.1, 0.15) is 11.5 Å². The minimum absolute atomic E-state index is 0.0316. The Morgan fingerprint density at radius 1 is 1.03 bits per heavy atom. The van der Waals surface area contributed by atoms with Gasteiger partial charge in [0.25, 0.3) is 0 Å². The zero-order valence-corrected chi connectivity index (χ0v) is 19.1. The number of hydrogen-bond donors (Lipinski definition) is 1. The smallest absolute Gasteiger partial charge is 0.226 e. The molecule has 1 amide bonds. The van der Waals surface area contributed by atoms with Crippen LogP contribution in [-0.2, 0) is 4.79 Å². The van der Waals surface area contributed by atoms with Crippen LogP contribution in [0.2, 0.25) is 0 Å². The van der Waals surface area contributed by atoms with Crippen LogP contribution < -0.4 is 10.2 Å². The summed E-state index contributed by atoms with van der Waals surface area (Å²) in [5.74, 6) is 0.202. The number of hydrogen-bond acceptors (Lipinski definition) is 5. The number of nitrogens with zero attached hydrogens (tertiary/aromatic N) is 4. The summed E-state index contributed by atoms with van der Waals surface area (Å²) in [6.07, 6.45) is 5.92. The molecule has 0 spiro atoms. The number of aromatic nitrogens is 2. The molecule has 4 saturated heterocycles. The van der Waals surface area contributed by atoms with Gasteiger partial charge in [-0.05, 0) is 82.3 Å². The number of carbonyl (C=O) groups is 1. The number of rotatable bonds is 4. The predicted molar refractivity (Wildman–Crippen MR) is 123 cm³/mol. The minimum Gasteiger partial charge on any atom is -0.350 e. The quantitative estimate of drug-likeness (QED) is 0.763. The maximum absolute atomic E-state index is 14.3. The Morgan fingerprint density at radius 2 is 1.73 bits per heavy atom. The highest BCUT2D eigenvalue weighted by Gasteiger charge is 2.42. The third-order valence-electron chi connectivity index (χ3n) is 7.84. The van der Waals surface area contributed by atoms with Crippen molar-refractivity contribution in [3.63, 3.8) is 0 Å². The molecule has 1 aromatic carbocycles. The zero-order valence-electron chi connectivity index (χ0n) is 19.1. The van der Waals surface area contributed by atoms with Crippen LogP contribution in [0, 0.1) is 23.5 Å². The van der Waals surface area contributed by atoms with Gasteiger partial charge in [0.15, 0.2) is 5.82 Å². The average molecular weight is 456 g/mol. The first-order valence-corrected chi connectivity index (χ1v) is 12.0. The normalized spacial score (nSPS) is 27.9. The van der Waals surface area contributed by atoms with E-state index in [-0.39, 0.29) is 28.9 Å². The van der Waals surface area contributed by atoms with E-state index in [9.17, 15) is 13.6 Å². The molecule has 6 nitrogen and oxygen atoms in total. The lowest BCUT2D eigenvalue weighted by atomic mass is 9.78. The van der Waals surface area contributed by atoms with E-state index in [1.807, 2.05) is 4.90 Å². The number of fused-ring (bicyclic) bond motifs is 4. The van der Waals surface area contributed by atoms with Crippen molar-refractivity contribution in [3.05, 3.63) is 42.1 Å². The fourth-order valence-electron chi connectivity index (χ4n) is 5.60. The minimum atomic E-state index is -0.540. The Balaban J connectivity index is 1.22. The molecular formula is C25H31F2N5O. The van der Waals surface area contributed by atoms with Crippen LogP contribution in [0.5, 0.6) is 0 Å². The highest BCUT2D eigenvalue weighted by Crippen LogP contribution is 2.36. The molecule has 4 aliphatic heterocycles. The van der Waals surface area contributed by atoms with Gasteiger partial charge in [0.05, 0.1) is 6.20 Å². The van der Waals surface area contributed by atoms with E-state index in [0.29, 0.717) is 43.4 Å². The van der Waals surface area contributed by atoms with E-state index < -0.39 is 5.82 Å². The highest BCUT2D eigenvalue weighted by molar-refractivity contribution is 5.79. The Hall–Kier alpha value is -2.61. The summed E-state index contributed by atoms with van der Waals surface area (Å²) in [6.45, 7) is 6.85. The van der Waals surface area contributed by atoms with E-state index in [2.05, 4.69) is 27.1 Å². The van der Waals surface area contributed by atoms with Crippen LogP contribution in [0.3, 0.4) is 0 Å². The topological polar surface area (TPSA) is 61.4 Å². The van der Waals surface area contributed by atoms with Crippen LogP contribution in [0.15, 0.2) is 30.5 Å². The van der Waals surface area contributed by atoms with Gasteiger partial charge >= 0.3 is 0 Å². The number of amides is 1. The molecule has 176 valence electrons. The third-order valence-corrected chi connectivity index (χ3v) is 7.84. The molecule has 8 heteroatoms. The van der Waals surface area contributed by atoms with Gasteiger partial charge in [-0.15, -0.1) is 0 Å². The van der Waals surface area contributed by atoms with Crippen LogP contribution >= 0.6 is 0 Å². The zero-order chi connectivity index (χ0) is 23.0. The van der Waals surface area contributed by atoms with Gasteiger partial charge in [-0.1, -0.05) is 0 Å². The Morgan fingerprint density at radius 3 is 2.42 bits per heavy atom. The van der Waals surface area contributed by atoms with Crippen molar-refractivity contribution in [2.75, 3.05) is 37.6 Å². The van der Waals surface area contributed by atoms with Crippen LogP contribution in [0.1, 0.15) is 39.0 Å². The molecule has 1 atom stereocenters. The van der Waals surface area contributed by atoms with Crippen LogP contribution in [0.25, 0.3) is 11.3 Å². The van der Waals surface area contributed by atoms with Gasteiger partial charge in [-0.25, -0.2) is 18.7 Å². The summed E-state index contributed by atoms with van der Waals surface area (Å²) in [7, 11) is 0. The summed E-state index contributed by atoms with van der Waals surface area (Å²) in [4.78, 5) is 26.3. The summed E-state index contributed by atoms with van der Waals surface area (Å²) < 4.78 is 27.6. The van der Waals surface area contributed by atoms with E-state index in [0.717, 1.165) is 45.1 Å². The standard InChI is InChI=1S/C25H31F2N5O/c1-25(10-15-31-11-8-19(25)9-12-31)30-23(33)18-6-13-32(14-7-18)24-28-16-21(27)22(29-24)17-2-4-20(26)5-3-17/h2-5,16,18-19H,6-15H2,1H3,(H,30,33). The van der Waals surface area contributed by atoms with Gasteiger partial charge < -0.3 is 15.1 Å². The molecular weight excluding hydrogens is 424 g/mol. The van der Waals surface area contributed by atoms with Crippen LogP contribution in [0.4, 0.5) is 14.7 Å². The Kier molecular flexibility index (Phi) is 6.03. The number of benzene rings is 1. The van der Waals surface area contributed by atoms with Crippen molar-refractivity contribution in [1.82, 2.24) is 20.2 Å². The van der Waals surface area contributed by atoms with Crippen molar-refractivity contribution < 1.29 is 13.6 Å². The maximum Gasteiger partial charge on any atom is 0.226 e. The average Bonchev–Trinajstić information content (AvgIpc) is 3.08. The monoisotopic (exact) mass is 455 g/mol. The summed E-state index contributed by atoms with van der Waals surface area (Å²) in [5, 5.41) is 3.43. The number of piperidine rings is 2. The van der Waals surface area contributed by atoms with Crippen molar-refractivity contribution in [2.45, 2.75) is 44.6 Å². The Bertz CT molecular complexity index is 1000. The summed E-state index contributed by atoms with van der Waals surface area (Å²) in [6, 6.07) is 5.61. The van der Waals surface area contributed by atoms with E-state index in [1.54, 1.807) is 0 Å². The molecule has 1 aromatic heterocycles. The first-order chi connectivity index (χ1) is 15.9. The number of carbonyl (C=O) groups excluding carboxylic acids is 1. The molecule has 2 bridgehead atoms. The second-order valence-corrected chi connectivity index (χ2v) is 9.91. The van der Waals surface area contributed by atoms with Crippen molar-refractivity contribution >= 4 is 11.9 Å². The molecule has 33 heavy (non-hydrogen) atoms. The highest BCUT2D eigenvalue weighted by atomic mass is 19.1. The van der Waals surface area contributed by atoms with Gasteiger partial charge in [-0.3, -0.25) is 4.79 Å². The molecule has 1 N–H and O–H groups in total. The predicted octanol–water partition coefficient (Wildman–Crippen LogP) is 3.63. The molecule has 0 aliphatic carbocycles. The third kappa shape index (κ3) is 4.58. The molecule has 0 radical (unpaired) electrons. The lowest BCUT2D eigenvalue weighted by Crippen LogP contribution is -2.54. The van der Waals surface area contributed by atoms with Crippen molar-refractivity contribution in [2.24, 2.45) is 11.8 Å². The lowest BCUT2D eigenvalue weighted by Gasteiger charge is -2.39. The second-order valence-electron chi connectivity index (χ2n) is 9.91. The number of anilines is 1. The van der Waals surface area contributed by atoms with E-state index in [4.69, 9.17) is 0 Å². The SMILES string of the molecule is CC1(NC(=O)C2CCN(c3ncc(F)c(-c4ccc(F)cc4)n3)CC2)CCN2CCC1CC2. The van der Waals surface area contributed by atoms with E-state index in [1.165, 1.54) is 24.3 Å². The van der Waals surface area contributed by atoms with E-state index >= 15 is 0 Å². The lowest BCUT2D eigenvalue weighted by molar-refractivity contribution is -0.128. The van der Waals surface area contributed by atoms with Gasteiger partial charge in [-0.2, -0.15) is 0 Å². The number of halogens is 2. The largest absolute Gasteiger partial charge is 0.350 e. The maximum atomic E-state index is 14.3. The van der Waals surface area contributed by atoms with Gasteiger partial charge in [0.2, 0.25) is 11.9 Å². The molecule has 4 aliphatic rings. The summed E-state index contributed by atoms with van der Waals surface area (Å²) >= 11 is 0. The van der Waals surface area contributed by atoms with Crippen LogP contribution in [-0.4, -0.2) is 59.0 Å². The first-order valence-electron chi connectivity index (χ1n) is 12.0. The molecule has 2 aromatic rings. The summed E-state index contributed by atoms with van der Waals surface area (Å²) in [5.41, 5.74) is 0.546. The molecule has 1 unspecified atom stereocenters. The second kappa shape index (κ2) is 8.97. The molecule has 0 saturated carbocycles. The van der Waals surface area contributed by atoms with Crippen molar-refractivity contribution in [1.29, 1.82) is 0 Å². The van der Waals surface area contributed by atoms with Gasteiger partial charge in [0, 0.05) is 36.7 Å².